The van der Waals surface area contributed by atoms with E-state index in [4.69, 9.17) is 4.74 Å². The standard InChI is InChI=1S/C19H15BrFN3O2/c1-26-12-5-6-13-11(9-12)7-8-24-16(13)10-17(23-19(24)25)22-18-14(20)3-2-4-15(18)21/h2-6,9-10H,7-8H2,1H3,(H,22,23,25). The largest absolute Gasteiger partial charge is 0.497 e. The lowest BCUT2D eigenvalue weighted by Gasteiger charge is -2.22. The molecular weight excluding hydrogens is 401 g/mol. The molecule has 0 radical (unpaired) electrons. The number of para-hydroxylation sites is 1. The summed E-state index contributed by atoms with van der Waals surface area (Å²) in [6.07, 6.45) is 0.729. The maximum atomic E-state index is 14.1. The molecule has 7 heteroatoms. The fourth-order valence-electron chi connectivity index (χ4n) is 3.14. The molecule has 0 fully saturated rings. The Kier molecular flexibility index (Phi) is 4.24. The van der Waals surface area contributed by atoms with Gasteiger partial charge in [0.1, 0.15) is 17.4 Å². The van der Waals surface area contributed by atoms with Crippen molar-refractivity contribution in [1.82, 2.24) is 9.55 Å². The molecular formula is C19H15BrFN3O2. The molecule has 3 aromatic rings. The highest BCUT2D eigenvalue weighted by atomic mass is 79.9. The second-order valence-electron chi connectivity index (χ2n) is 5.96. The number of aryl methyl sites for hydroxylation is 1. The van der Waals surface area contributed by atoms with Crippen LogP contribution in [0, 0.1) is 5.82 Å². The highest BCUT2D eigenvalue weighted by Crippen LogP contribution is 2.33. The predicted molar refractivity (Wildman–Crippen MR) is 102 cm³/mol. The Morgan fingerprint density at radius 1 is 1.27 bits per heavy atom. The van der Waals surface area contributed by atoms with Crippen molar-refractivity contribution in [3.63, 3.8) is 0 Å². The Bertz CT molecular complexity index is 1040. The number of hydrogen-bond acceptors (Lipinski definition) is 4. The van der Waals surface area contributed by atoms with Crippen molar-refractivity contribution < 1.29 is 9.13 Å². The first-order chi connectivity index (χ1) is 12.6. The molecule has 0 amide bonds. The lowest BCUT2D eigenvalue weighted by molar-refractivity contribution is 0.414. The lowest BCUT2D eigenvalue weighted by atomic mass is 9.97. The van der Waals surface area contributed by atoms with Crippen molar-refractivity contribution in [1.29, 1.82) is 0 Å². The summed E-state index contributed by atoms with van der Waals surface area (Å²) in [4.78, 5) is 16.5. The minimum atomic E-state index is -0.427. The molecule has 2 aromatic carbocycles. The number of rotatable bonds is 3. The first kappa shape index (κ1) is 16.8. The summed E-state index contributed by atoms with van der Waals surface area (Å²) in [6.45, 7) is 0.547. The van der Waals surface area contributed by atoms with Gasteiger partial charge in [-0.25, -0.2) is 9.18 Å². The van der Waals surface area contributed by atoms with Gasteiger partial charge >= 0.3 is 5.69 Å². The molecule has 4 rings (SSSR count). The van der Waals surface area contributed by atoms with Crippen LogP contribution in [-0.4, -0.2) is 16.7 Å². The van der Waals surface area contributed by atoms with E-state index >= 15 is 0 Å². The van der Waals surface area contributed by atoms with Crippen molar-refractivity contribution in [3.05, 3.63) is 68.8 Å². The number of methoxy groups -OCH3 is 1. The van der Waals surface area contributed by atoms with E-state index < -0.39 is 5.82 Å². The minimum Gasteiger partial charge on any atom is -0.497 e. The second-order valence-corrected chi connectivity index (χ2v) is 6.81. The third-order valence-corrected chi connectivity index (χ3v) is 5.08. The Morgan fingerprint density at radius 2 is 2.12 bits per heavy atom. The topological polar surface area (TPSA) is 56.1 Å². The summed E-state index contributed by atoms with van der Waals surface area (Å²) >= 11 is 3.31. The van der Waals surface area contributed by atoms with Gasteiger partial charge in [-0.1, -0.05) is 6.07 Å². The molecule has 5 nitrogen and oxygen atoms in total. The Morgan fingerprint density at radius 3 is 2.88 bits per heavy atom. The third-order valence-electron chi connectivity index (χ3n) is 4.42. The SMILES string of the molecule is COc1ccc2c(c1)CCn1c-2cc(Nc2c(F)cccc2Br)nc1=O. The van der Waals surface area contributed by atoms with Crippen molar-refractivity contribution in [2.24, 2.45) is 0 Å². The van der Waals surface area contributed by atoms with Gasteiger partial charge in [0.15, 0.2) is 0 Å². The number of anilines is 2. The zero-order valence-corrected chi connectivity index (χ0v) is 15.5. The normalized spacial score (nSPS) is 12.3. The Hall–Kier alpha value is -2.67. The molecule has 132 valence electrons. The molecule has 0 unspecified atom stereocenters. The van der Waals surface area contributed by atoms with Crippen molar-refractivity contribution in [3.8, 4) is 17.0 Å². The molecule has 2 heterocycles. The van der Waals surface area contributed by atoms with Crippen molar-refractivity contribution >= 4 is 27.4 Å². The van der Waals surface area contributed by atoms with Crippen LogP contribution < -0.4 is 15.7 Å². The summed E-state index contributed by atoms with van der Waals surface area (Å²) in [5.41, 5.74) is 2.69. The van der Waals surface area contributed by atoms with Gasteiger partial charge in [-0.05, 0) is 58.2 Å². The summed E-state index contributed by atoms with van der Waals surface area (Å²) in [5.74, 6) is 0.655. The van der Waals surface area contributed by atoms with Crippen LogP contribution in [-0.2, 0) is 13.0 Å². The average Bonchev–Trinajstić information content (AvgIpc) is 2.64. The van der Waals surface area contributed by atoms with Crippen LogP contribution in [0.5, 0.6) is 5.75 Å². The van der Waals surface area contributed by atoms with Crippen LogP contribution in [0.3, 0.4) is 0 Å². The van der Waals surface area contributed by atoms with E-state index in [1.165, 1.54) is 6.07 Å². The molecule has 1 N–H and O–H groups in total. The molecule has 1 aromatic heterocycles. The average molecular weight is 416 g/mol. The van der Waals surface area contributed by atoms with Gasteiger partial charge in [0.25, 0.3) is 0 Å². The first-order valence-electron chi connectivity index (χ1n) is 8.07. The highest BCUT2D eigenvalue weighted by molar-refractivity contribution is 9.10. The molecule has 0 saturated carbocycles. The van der Waals surface area contributed by atoms with Crippen LogP contribution in [0.1, 0.15) is 5.56 Å². The van der Waals surface area contributed by atoms with Gasteiger partial charge in [0.2, 0.25) is 0 Å². The second kappa shape index (κ2) is 6.57. The van der Waals surface area contributed by atoms with E-state index in [1.54, 1.807) is 29.9 Å². The minimum absolute atomic E-state index is 0.245. The number of fused-ring (bicyclic) bond motifs is 3. The fraction of sp³-hybridized carbons (Fsp3) is 0.158. The van der Waals surface area contributed by atoms with Gasteiger partial charge < -0.3 is 10.1 Å². The van der Waals surface area contributed by atoms with Gasteiger partial charge in [0, 0.05) is 22.6 Å². The molecule has 0 aliphatic carbocycles. The Labute approximate surface area is 157 Å². The maximum Gasteiger partial charge on any atom is 0.350 e. The number of nitrogens with zero attached hydrogens (tertiary/aromatic N) is 2. The van der Waals surface area contributed by atoms with E-state index in [9.17, 15) is 9.18 Å². The summed E-state index contributed by atoms with van der Waals surface area (Å²) in [6, 6.07) is 12.2. The number of benzene rings is 2. The monoisotopic (exact) mass is 415 g/mol. The van der Waals surface area contributed by atoms with E-state index in [0.717, 1.165) is 29.0 Å². The first-order valence-corrected chi connectivity index (χ1v) is 8.86. The summed E-state index contributed by atoms with van der Waals surface area (Å²) in [5, 5.41) is 2.91. The molecule has 1 aliphatic rings. The fourth-order valence-corrected chi connectivity index (χ4v) is 3.58. The van der Waals surface area contributed by atoms with Crippen LogP contribution >= 0.6 is 15.9 Å². The number of halogens is 2. The van der Waals surface area contributed by atoms with E-state index in [1.807, 2.05) is 18.2 Å². The van der Waals surface area contributed by atoms with Crippen LogP contribution in [0.25, 0.3) is 11.3 Å². The van der Waals surface area contributed by atoms with E-state index in [0.29, 0.717) is 16.8 Å². The zero-order chi connectivity index (χ0) is 18.3. The van der Waals surface area contributed by atoms with Crippen LogP contribution in [0.4, 0.5) is 15.9 Å². The number of ether oxygens (including phenoxy) is 1. The van der Waals surface area contributed by atoms with E-state index in [-0.39, 0.29) is 11.4 Å². The maximum absolute atomic E-state index is 14.1. The zero-order valence-electron chi connectivity index (χ0n) is 13.9. The molecule has 0 spiro atoms. The van der Waals surface area contributed by atoms with Gasteiger partial charge in [0.05, 0.1) is 18.5 Å². The van der Waals surface area contributed by atoms with Crippen molar-refractivity contribution in [2.75, 3.05) is 12.4 Å². The molecule has 0 saturated heterocycles. The third kappa shape index (κ3) is 2.88. The Balaban J connectivity index is 1.81. The predicted octanol–water partition coefficient (Wildman–Crippen LogP) is 4.12. The number of aromatic nitrogens is 2. The summed E-state index contributed by atoms with van der Waals surface area (Å²) in [7, 11) is 1.63. The summed E-state index contributed by atoms with van der Waals surface area (Å²) < 4.78 is 21.6. The quantitative estimate of drug-likeness (QED) is 0.698. The molecule has 0 bridgehead atoms. The molecule has 0 atom stereocenters. The van der Waals surface area contributed by atoms with Gasteiger partial charge in [-0.2, -0.15) is 4.98 Å². The van der Waals surface area contributed by atoms with Crippen LogP contribution in [0.2, 0.25) is 0 Å². The highest BCUT2D eigenvalue weighted by Gasteiger charge is 2.20. The van der Waals surface area contributed by atoms with Gasteiger partial charge in [-0.15, -0.1) is 0 Å². The molecule has 26 heavy (non-hydrogen) atoms. The van der Waals surface area contributed by atoms with Gasteiger partial charge in [-0.3, -0.25) is 4.57 Å². The van der Waals surface area contributed by atoms with E-state index in [2.05, 4.69) is 26.2 Å². The van der Waals surface area contributed by atoms with Crippen LogP contribution in [0.15, 0.2) is 51.7 Å². The molecule has 1 aliphatic heterocycles. The lowest BCUT2D eigenvalue weighted by Crippen LogP contribution is -2.28. The van der Waals surface area contributed by atoms with Crippen molar-refractivity contribution in [2.45, 2.75) is 13.0 Å². The number of hydrogen-bond donors (Lipinski definition) is 1. The number of nitrogens with one attached hydrogen (secondary N) is 1. The smallest absolute Gasteiger partial charge is 0.350 e.